The van der Waals surface area contributed by atoms with Crippen LogP contribution in [0.25, 0.3) is 11.0 Å². The number of nitrogens with zero attached hydrogens (tertiary/aromatic N) is 4. The maximum atomic E-state index is 12.8. The molecule has 3 N–H and O–H groups in total. The van der Waals surface area contributed by atoms with Crippen molar-refractivity contribution < 1.29 is 4.79 Å². The molecular weight excluding hydrogens is 324 g/mol. The second-order valence-electron chi connectivity index (χ2n) is 6.13. The summed E-state index contributed by atoms with van der Waals surface area (Å²) < 4.78 is 0. The van der Waals surface area contributed by atoms with Gasteiger partial charge >= 0.3 is 0 Å². The van der Waals surface area contributed by atoms with Gasteiger partial charge in [-0.25, -0.2) is 9.97 Å². The first-order chi connectivity index (χ1) is 11.7. The molecule has 4 rings (SSSR count). The molecule has 24 heavy (non-hydrogen) atoms. The number of carbonyl (C=O) groups excluding carboxylic acids is 1. The lowest BCUT2D eigenvalue weighted by atomic mass is 10.1. The summed E-state index contributed by atoms with van der Waals surface area (Å²) in [5.41, 5.74) is 6.82. The number of carbonyl (C=O) groups is 1. The molecular formula is C16H20N6OS. The molecule has 0 aliphatic carbocycles. The van der Waals surface area contributed by atoms with Crippen molar-refractivity contribution in [3.8, 4) is 0 Å². The fraction of sp³-hybridized carbons (Fsp3) is 0.438. The minimum atomic E-state index is 0.0826. The number of hydrogen-bond donors (Lipinski definition) is 2. The van der Waals surface area contributed by atoms with Gasteiger partial charge in [0.05, 0.1) is 10.3 Å². The number of piperidine rings is 1. The molecule has 2 aromatic heterocycles. The van der Waals surface area contributed by atoms with E-state index in [1.807, 2.05) is 28.3 Å². The van der Waals surface area contributed by atoms with Crippen molar-refractivity contribution in [3.63, 3.8) is 0 Å². The van der Waals surface area contributed by atoms with Gasteiger partial charge < -0.3 is 20.5 Å². The van der Waals surface area contributed by atoms with E-state index in [1.165, 1.54) is 0 Å². The normalized spacial score (nSPS) is 21.9. The number of nitrogens with two attached hydrogens (primary N) is 1. The standard InChI is InChI=1S/C16H20N6OS/c17-11-2-1-5-22(8-11)16(23)13-9-21(6-7-24-13)15-12-3-4-18-14(12)19-10-20-15/h3-4,9-11H,1-2,5-8,17H2,(H,18,19,20)/t11-/m0/s1. The van der Waals surface area contributed by atoms with E-state index in [4.69, 9.17) is 5.73 Å². The van der Waals surface area contributed by atoms with Crippen LogP contribution in [-0.2, 0) is 4.79 Å². The van der Waals surface area contributed by atoms with E-state index < -0.39 is 0 Å². The molecule has 2 aliphatic rings. The van der Waals surface area contributed by atoms with Crippen LogP contribution >= 0.6 is 11.8 Å². The molecule has 4 heterocycles. The van der Waals surface area contributed by atoms with E-state index in [1.54, 1.807) is 18.1 Å². The lowest BCUT2D eigenvalue weighted by Crippen LogP contribution is -2.46. The summed E-state index contributed by atoms with van der Waals surface area (Å²) in [6.45, 7) is 2.25. The summed E-state index contributed by atoms with van der Waals surface area (Å²) >= 11 is 1.61. The molecule has 7 nitrogen and oxygen atoms in total. The molecule has 1 atom stereocenters. The first kappa shape index (κ1) is 15.5. The van der Waals surface area contributed by atoms with Gasteiger partial charge in [0.2, 0.25) is 0 Å². The Balaban J connectivity index is 1.61. The van der Waals surface area contributed by atoms with Crippen LogP contribution in [0.15, 0.2) is 29.7 Å². The van der Waals surface area contributed by atoms with Crippen LogP contribution in [0.3, 0.4) is 0 Å². The van der Waals surface area contributed by atoms with Crippen molar-refractivity contribution >= 4 is 34.5 Å². The third-order valence-electron chi connectivity index (χ3n) is 4.42. The smallest absolute Gasteiger partial charge is 0.261 e. The van der Waals surface area contributed by atoms with Crippen LogP contribution in [0.1, 0.15) is 12.8 Å². The zero-order chi connectivity index (χ0) is 16.5. The third kappa shape index (κ3) is 2.87. The Hall–Kier alpha value is -2.06. The van der Waals surface area contributed by atoms with Crippen molar-refractivity contribution in [1.82, 2.24) is 19.9 Å². The van der Waals surface area contributed by atoms with Crippen molar-refractivity contribution in [1.29, 1.82) is 0 Å². The van der Waals surface area contributed by atoms with Crippen molar-refractivity contribution in [3.05, 3.63) is 29.7 Å². The van der Waals surface area contributed by atoms with Crippen LogP contribution in [0.5, 0.6) is 0 Å². The third-order valence-corrected chi connectivity index (χ3v) is 5.40. The Kier molecular flexibility index (Phi) is 4.15. The molecule has 0 bridgehead atoms. The number of hydrogen-bond acceptors (Lipinski definition) is 6. The molecule has 0 aromatic carbocycles. The average Bonchev–Trinajstić information content (AvgIpc) is 3.10. The maximum Gasteiger partial charge on any atom is 0.261 e. The number of aromatic amines is 1. The zero-order valence-corrected chi connectivity index (χ0v) is 14.1. The van der Waals surface area contributed by atoms with Gasteiger partial charge in [-0.05, 0) is 18.9 Å². The summed E-state index contributed by atoms with van der Waals surface area (Å²) in [5.74, 6) is 1.77. The summed E-state index contributed by atoms with van der Waals surface area (Å²) in [6.07, 6.45) is 7.30. The molecule has 1 saturated heterocycles. The van der Waals surface area contributed by atoms with E-state index in [2.05, 4.69) is 15.0 Å². The second-order valence-corrected chi connectivity index (χ2v) is 7.26. The minimum Gasteiger partial charge on any atom is -0.346 e. The van der Waals surface area contributed by atoms with E-state index in [0.29, 0.717) is 6.54 Å². The van der Waals surface area contributed by atoms with E-state index in [0.717, 1.165) is 53.4 Å². The van der Waals surface area contributed by atoms with Crippen molar-refractivity contribution in [2.75, 3.05) is 30.3 Å². The largest absolute Gasteiger partial charge is 0.346 e. The number of amides is 1. The van der Waals surface area contributed by atoms with E-state index >= 15 is 0 Å². The maximum absolute atomic E-state index is 12.8. The second kappa shape index (κ2) is 6.45. The summed E-state index contributed by atoms with van der Waals surface area (Å²) in [6, 6.07) is 2.06. The Morgan fingerprint density at radius 1 is 1.38 bits per heavy atom. The van der Waals surface area contributed by atoms with Gasteiger partial charge in [0, 0.05) is 43.8 Å². The van der Waals surface area contributed by atoms with Crippen LogP contribution in [0, 0.1) is 0 Å². The first-order valence-electron chi connectivity index (χ1n) is 8.16. The van der Waals surface area contributed by atoms with Gasteiger partial charge in [-0.1, -0.05) is 0 Å². The topological polar surface area (TPSA) is 91.1 Å². The van der Waals surface area contributed by atoms with Gasteiger partial charge in [0.15, 0.2) is 0 Å². The lowest BCUT2D eigenvalue weighted by molar-refractivity contribution is -0.127. The molecule has 1 fully saturated rings. The number of aromatic nitrogens is 3. The fourth-order valence-electron chi connectivity index (χ4n) is 3.22. The monoisotopic (exact) mass is 344 g/mol. The average molecular weight is 344 g/mol. The van der Waals surface area contributed by atoms with E-state index in [9.17, 15) is 4.79 Å². The quantitative estimate of drug-likeness (QED) is 0.853. The number of fused-ring (bicyclic) bond motifs is 1. The number of likely N-dealkylation sites (tertiary alicyclic amines) is 1. The highest BCUT2D eigenvalue weighted by atomic mass is 32.2. The molecule has 0 unspecified atom stereocenters. The molecule has 126 valence electrons. The molecule has 2 aromatic rings. The Morgan fingerprint density at radius 2 is 2.29 bits per heavy atom. The highest BCUT2D eigenvalue weighted by Gasteiger charge is 2.27. The molecule has 0 spiro atoms. The molecule has 2 aliphatic heterocycles. The van der Waals surface area contributed by atoms with Gasteiger partial charge in [-0.3, -0.25) is 4.79 Å². The summed E-state index contributed by atoms with van der Waals surface area (Å²) in [4.78, 5) is 29.2. The van der Waals surface area contributed by atoms with Crippen molar-refractivity contribution in [2.45, 2.75) is 18.9 Å². The molecule has 8 heteroatoms. The Bertz CT molecular complexity index is 788. The van der Waals surface area contributed by atoms with Gasteiger partial charge in [-0.15, -0.1) is 11.8 Å². The van der Waals surface area contributed by atoms with Crippen LogP contribution in [0.2, 0.25) is 0 Å². The number of nitrogens with one attached hydrogen (secondary N) is 1. The number of rotatable bonds is 2. The summed E-state index contributed by atoms with van der Waals surface area (Å²) in [7, 11) is 0. The molecule has 0 saturated carbocycles. The highest BCUT2D eigenvalue weighted by molar-refractivity contribution is 8.04. The first-order valence-corrected chi connectivity index (χ1v) is 9.15. The van der Waals surface area contributed by atoms with Crippen LogP contribution in [0.4, 0.5) is 5.82 Å². The number of H-pyrrole nitrogens is 1. The molecule has 1 amide bonds. The SMILES string of the molecule is N[C@H]1CCCN(C(=O)C2=CN(c3ncnc4[nH]ccc34)CCS2)C1. The predicted octanol–water partition coefficient (Wildman–Crippen LogP) is 1.30. The van der Waals surface area contributed by atoms with Gasteiger partial charge in [-0.2, -0.15) is 0 Å². The van der Waals surface area contributed by atoms with Gasteiger partial charge in [0.25, 0.3) is 5.91 Å². The van der Waals surface area contributed by atoms with Crippen LogP contribution < -0.4 is 10.6 Å². The summed E-state index contributed by atoms with van der Waals surface area (Å²) in [5, 5.41) is 0.965. The predicted molar refractivity (Wildman–Crippen MR) is 95.6 cm³/mol. The van der Waals surface area contributed by atoms with Gasteiger partial charge in [0.1, 0.15) is 17.8 Å². The number of anilines is 1. The lowest BCUT2D eigenvalue weighted by Gasteiger charge is -2.33. The van der Waals surface area contributed by atoms with Crippen molar-refractivity contribution in [2.24, 2.45) is 5.73 Å². The van der Waals surface area contributed by atoms with Crippen LogP contribution in [-0.4, -0.2) is 57.2 Å². The highest BCUT2D eigenvalue weighted by Crippen LogP contribution is 2.30. The van der Waals surface area contributed by atoms with E-state index in [-0.39, 0.29) is 11.9 Å². The Morgan fingerprint density at radius 3 is 3.17 bits per heavy atom. The minimum absolute atomic E-state index is 0.0826. The fourth-order valence-corrected chi connectivity index (χ4v) is 4.18. The number of thioether (sulfide) groups is 1. The zero-order valence-electron chi connectivity index (χ0n) is 13.3. The Labute approximate surface area is 144 Å². The molecule has 0 radical (unpaired) electrons.